The molecule has 0 saturated carbocycles. The molecule has 26 heavy (non-hydrogen) atoms. The molecular weight excluding hydrogens is 328 g/mol. The Labute approximate surface area is 156 Å². The molecule has 1 saturated heterocycles. The van der Waals surface area contributed by atoms with Crippen LogP contribution < -0.4 is 20.9 Å². The Morgan fingerprint density at radius 2 is 1.92 bits per heavy atom. The Morgan fingerprint density at radius 1 is 1.23 bits per heavy atom. The van der Waals surface area contributed by atoms with E-state index < -0.39 is 0 Å². The first-order valence-corrected chi connectivity index (χ1v) is 9.28. The van der Waals surface area contributed by atoms with E-state index in [4.69, 9.17) is 0 Å². The van der Waals surface area contributed by atoms with Gasteiger partial charge in [0.25, 0.3) is 5.91 Å². The quantitative estimate of drug-likeness (QED) is 0.656. The molecule has 6 nitrogen and oxygen atoms in total. The van der Waals surface area contributed by atoms with Crippen molar-refractivity contribution in [3.05, 3.63) is 42.5 Å². The van der Waals surface area contributed by atoms with Crippen molar-refractivity contribution in [1.29, 1.82) is 0 Å². The Balaban J connectivity index is 1.93. The lowest BCUT2D eigenvalue weighted by Crippen LogP contribution is -2.48. The minimum absolute atomic E-state index is 0.0293. The van der Waals surface area contributed by atoms with Crippen LogP contribution in [0, 0.1) is 5.92 Å². The molecule has 0 bridgehead atoms. The summed E-state index contributed by atoms with van der Waals surface area (Å²) in [6, 6.07) is 7.72. The van der Waals surface area contributed by atoms with Crippen LogP contribution in [0.2, 0.25) is 0 Å². The zero-order valence-corrected chi connectivity index (χ0v) is 15.8. The van der Waals surface area contributed by atoms with Crippen molar-refractivity contribution in [3.8, 4) is 0 Å². The van der Waals surface area contributed by atoms with Gasteiger partial charge in [-0.05, 0) is 30.9 Å². The lowest BCUT2D eigenvalue weighted by atomic mass is 10.0. The number of hydrogen-bond acceptors (Lipinski definition) is 3. The van der Waals surface area contributed by atoms with E-state index in [2.05, 4.69) is 41.3 Å². The maximum absolute atomic E-state index is 12.5. The molecule has 1 heterocycles. The van der Waals surface area contributed by atoms with Crippen molar-refractivity contribution in [2.24, 2.45) is 5.92 Å². The number of amides is 3. The smallest absolute Gasteiger partial charge is 0.315 e. The average molecular weight is 358 g/mol. The highest BCUT2D eigenvalue weighted by Gasteiger charge is 2.23. The summed E-state index contributed by atoms with van der Waals surface area (Å²) in [5.41, 5.74) is 1.67. The Hall–Kier alpha value is -2.50. The molecular formula is C20H30N4O2. The highest BCUT2D eigenvalue weighted by molar-refractivity contribution is 5.99. The molecule has 6 heteroatoms. The van der Waals surface area contributed by atoms with Crippen LogP contribution in [0.3, 0.4) is 0 Å². The fourth-order valence-electron chi connectivity index (χ4n) is 3.00. The number of benzene rings is 1. The minimum atomic E-state index is -0.156. The summed E-state index contributed by atoms with van der Waals surface area (Å²) in [5.74, 6) is 0.388. The van der Waals surface area contributed by atoms with Crippen molar-refractivity contribution >= 4 is 17.6 Å². The second-order valence-electron chi connectivity index (χ2n) is 7.03. The Kier molecular flexibility index (Phi) is 7.51. The van der Waals surface area contributed by atoms with Gasteiger partial charge in [0.05, 0.1) is 5.56 Å². The maximum atomic E-state index is 12.5. The second-order valence-corrected chi connectivity index (χ2v) is 7.03. The average Bonchev–Trinajstić information content (AvgIpc) is 2.65. The van der Waals surface area contributed by atoms with Crippen LogP contribution in [0.1, 0.15) is 37.0 Å². The summed E-state index contributed by atoms with van der Waals surface area (Å²) in [7, 11) is 0. The predicted molar refractivity (Wildman–Crippen MR) is 106 cm³/mol. The third kappa shape index (κ3) is 5.79. The van der Waals surface area contributed by atoms with Gasteiger partial charge in [0.1, 0.15) is 0 Å². The lowest BCUT2D eigenvalue weighted by Gasteiger charge is -2.34. The first-order chi connectivity index (χ1) is 12.5. The van der Waals surface area contributed by atoms with E-state index in [-0.39, 0.29) is 18.0 Å². The molecule has 0 aliphatic carbocycles. The third-order valence-corrected chi connectivity index (χ3v) is 4.40. The topological polar surface area (TPSA) is 73.5 Å². The number of para-hydroxylation sites is 1. The Bertz CT molecular complexity index is 622. The molecule has 1 aromatic carbocycles. The van der Waals surface area contributed by atoms with Crippen LogP contribution in [-0.4, -0.2) is 44.2 Å². The van der Waals surface area contributed by atoms with Crippen LogP contribution in [-0.2, 0) is 0 Å². The van der Waals surface area contributed by atoms with Crippen LogP contribution in [0.4, 0.5) is 10.5 Å². The van der Waals surface area contributed by atoms with Crippen LogP contribution >= 0.6 is 0 Å². The van der Waals surface area contributed by atoms with Crippen molar-refractivity contribution in [2.45, 2.75) is 32.7 Å². The number of piperidine rings is 1. The van der Waals surface area contributed by atoms with Crippen molar-refractivity contribution in [1.82, 2.24) is 16.0 Å². The van der Waals surface area contributed by atoms with Gasteiger partial charge in [0, 0.05) is 37.9 Å². The highest BCUT2D eigenvalue weighted by Crippen LogP contribution is 2.24. The molecule has 0 unspecified atom stereocenters. The van der Waals surface area contributed by atoms with E-state index in [9.17, 15) is 9.59 Å². The largest absolute Gasteiger partial charge is 0.371 e. The molecule has 142 valence electrons. The fraction of sp³-hybridized carbons (Fsp3) is 0.500. The van der Waals surface area contributed by atoms with Crippen molar-refractivity contribution in [2.75, 3.05) is 31.1 Å². The molecule has 1 aromatic rings. The maximum Gasteiger partial charge on any atom is 0.315 e. The molecule has 3 amide bonds. The number of nitrogens with zero attached hydrogens (tertiary/aromatic N) is 1. The fourth-order valence-corrected chi connectivity index (χ4v) is 3.00. The van der Waals surface area contributed by atoms with Gasteiger partial charge in [-0.15, -0.1) is 6.58 Å². The van der Waals surface area contributed by atoms with Crippen molar-refractivity contribution < 1.29 is 9.59 Å². The summed E-state index contributed by atoms with van der Waals surface area (Å²) >= 11 is 0. The van der Waals surface area contributed by atoms with Crippen LogP contribution in [0.25, 0.3) is 0 Å². The third-order valence-electron chi connectivity index (χ3n) is 4.40. The number of carbonyl (C=O) groups excluding carboxylic acids is 2. The molecule has 0 aromatic heterocycles. The second kappa shape index (κ2) is 9.85. The molecule has 1 fully saturated rings. The van der Waals surface area contributed by atoms with Gasteiger partial charge in [-0.3, -0.25) is 4.79 Å². The number of urea groups is 1. The van der Waals surface area contributed by atoms with Gasteiger partial charge in [0.2, 0.25) is 0 Å². The monoisotopic (exact) mass is 358 g/mol. The molecule has 0 atom stereocenters. The summed E-state index contributed by atoms with van der Waals surface area (Å²) in [6.45, 7) is 10.5. The van der Waals surface area contributed by atoms with E-state index in [1.807, 2.05) is 24.3 Å². The molecule has 1 aliphatic heterocycles. The first kappa shape index (κ1) is 19.8. The van der Waals surface area contributed by atoms with E-state index >= 15 is 0 Å². The van der Waals surface area contributed by atoms with E-state index in [0.717, 1.165) is 31.6 Å². The zero-order valence-electron chi connectivity index (χ0n) is 15.8. The summed E-state index contributed by atoms with van der Waals surface area (Å²) in [6.07, 6.45) is 3.36. The van der Waals surface area contributed by atoms with E-state index in [1.54, 1.807) is 6.08 Å². The standard InChI is InChI=1S/C20H30N4O2/c1-4-11-21-20(26)23-16-9-12-24(13-10-16)18-8-6-5-7-17(18)19(25)22-14-15(2)3/h4-8,15-16H,1,9-14H2,2-3H3,(H,22,25)(H2,21,23,26). The molecule has 3 N–H and O–H groups in total. The lowest BCUT2D eigenvalue weighted by molar-refractivity contribution is 0.0949. The first-order valence-electron chi connectivity index (χ1n) is 9.28. The number of nitrogens with one attached hydrogen (secondary N) is 3. The van der Waals surface area contributed by atoms with E-state index in [0.29, 0.717) is 24.6 Å². The van der Waals surface area contributed by atoms with Gasteiger partial charge in [0.15, 0.2) is 0 Å². The van der Waals surface area contributed by atoms with Crippen molar-refractivity contribution in [3.63, 3.8) is 0 Å². The van der Waals surface area contributed by atoms with Gasteiger partial charge in [-0.1, -0.05) is 32.1 Å². The molecule has 0 spiro atoms. The summed E-state index contributed by atoms with van der Waals surface area (Å²) in [5, 5.41) is 8.72. The van der Waals surface area contributed by atoms with Crippen LogP contribution in [0.15, 0.2) is 36.9 Å². The highest BCUT2D eigenvalue weighted by atomic mass is 16.2. The summed E-state index contributed by atoms with van der Waals surface area (Å²) < 4.78 is 0. The summed E-state index contributed by atoms with van der Waals surface area (Å²) in [4.78, 5) is 26.5. The normalized spacial score (nSPS) is 14.8. The molecule has 2 rings (SSSR count). The van der Waals surface area contributed by atoms with Gasteiger partial charge >= 0.3 is 6.03 Å². The minimum Gasteiger partial charge on any atom is -0.371 e. The number of carbonyl (C=O) groups is 2. The Morgan fingerprint density at radius 3 is 2.58 bits per heavy atom. The zero-order chi connectivity index (χ0) is 18.9. The van der Waals surface area contributed by atoms with Gasteiger partial charge in [-0.2, -0.15) is 0 Å². The SMILES string of the molecule is C=CCNC(=O)NC1CCN(c2ccccc2C(=O)NCC(C)C)CC1. The number of rotatable bonds is 7. The predicted octanol–water partition coefficient (Wildman–Crippen LogP) is 2.53. The number of hydrogen-bond donors (Lipinski definition) is 3. The van der Waals surface area contributed by atoms with Gasteiger partial charge in [-0.25, -0.2) is 4.79 Å². The van der Waals surface area contributed by atoms with Crippen LogP contribution in [0.5, 0.6) is 0 Å². The van der Waals surface area contributed by atoms with Gasteiger partial charge < -0.3 is 20.9 Å². The number of anilines is 1. The van der Waals surface area contributed by atoms with E-state index in [1.165, 1.54) is 0 Å². The molecule has 1 aliphatic rings. The molecule has 0 radical (unpaired) electrons.